The lowest BCUT2D eigenvalue weighted by atomic mass is 10.3. The van der Waals surface area contributed by atoms with E-state index >= 15 is 0 Å². The molecule has 1 nitrogen and oxygen atoms in total. The summed E-state index contributed by atoms with van der Waals surface area (Å²) in [4.78, 5) is 0. The first-order chi connectivity index (χ1) is 3.31. The molecule has 1 atom stereocenters. The van der Waals surface area contributed by atoms with Gasteiger partial charge in [-0.25, -0.2) is 0 Å². The molecule has 0 saturated heterocycles. The van der Waals surface area contributed by atoms with Gasteiger partial charge in [-0.3, -0.25) is 0 Å². The second-order valence-corrected chi connectivity index (χ2v) is 1.82. The summed E-state index contributed by atoms with van der Waals surface area (Å²) in [6.45, 7) is 3.58. The molecule has 0 spiro atoms. The van der Waals surface area contributed by atoms with Crippen molar-refractivity contribution in [3.63, 3.8) is 0 Å². The molecule has 42 valence electrons. The Labute approximate surface area is 48.6 Å². The van der Waals surface area contributed by atoms with Crippen molar-refractivity contribution in [1.82, 2.24) is 0 Å². The van der Waals surface area contributed by atoms with Gasteiger partial charge in [-0.2, -0.15) is 0 Å². The first-order valence-electron chi connectivity index (χ1n) is 2.18. The fourth-order valence-electron chi connectivity index (χ4n) is 0.241. The lowest BCUT2D eigenvalue weighted by molar-refractivity contribution is 0.290. The van der Waals surface area contributed by atoms with Gasteiger partial charge in [0.25, 0.3) is 0 Å². The number of aliphatic hydroxyl groups excluding tert-OH is 1. The third kappa shape index (κ3) is 3.83. The van der Waals surface area contributed by atoms with Crippen molar-refractivity contribution < 1.29 is 5.11 Å². The summed E-state index contributed by atoms with van der Waals surface area (Å²) in [6.07, 6.45) is 2.21. The quantitative estimate of drug-likeness (QED) is 0.438. The van der Waals surface area contributed by atoms with Crippen molar-refractivity contribution in [3.05, 3.63) is 12.7 Å². The molecule has 0 rings (SSSR count). The molecule has 0 aliphatic carbocycles. The minimum atomic E-state index is -0.0648. The molecule has 0 aromatic rings. The Kier molecular flexibility index (Phi) is 4.15. The van der Waals surface area contributed by atoms with Crippen LogP contribution in [-0.2, 0) is 0 Å². The van der Waals surface area contributed by atoms with Crippen LogP contribution in [0, 0.1) is 0 Å². The highest BCUT2D eigenvalue weighted by molar-refractivity contribution is 6.21. The zero-order chi connectivity index (χ0) is 5.70. The predicted molar refractivity (Wildman–Crippen MR) is 31.5 cm³/mol. The summed E-state index contributed by atoms with van der Waals surface area (Å²) in [5, 5.41) is 8.17. The third-order valence-corrected chi connectivity index (χ3v) is 1.06. The Balaban J connectivity index is 2.98. The van der Waals surface area contributed by atoms with Crippen molar-refractivity contribution in [1.29, 1.82) is 0 Å². The normalized spacial score (nSPS) is 13.4. The Morgan fingerprint density at radius 3 is 2.57 bits per heavy atom. The van der Waals surface area contributed by atoms with E-state index in [1.807, 2.05) is 0 Å². The molecule has 0 aliphatic heterocycles. The van der Waals surface area contributed by atoms with Crippen molar-refractivity contribution in [2.45, 2.75) is 11.8 Å². The minimum Gasteiger partial charge on any atom is -0.396 e. The maximum atomic E-state index is 8.24. The molecule has 0 bridgehead atoms. The highest BCUT2D eigenvalue weighted by atomic mass is 35.5. The molecular formula is C5H9ClO. The predicted octanol–water partition coefficient (Wildman–Crippen LogP) is 1.16. The molecule has 1 unspecified atom stereocenters. The van der Waals surface area contributed by atoms with Gasteiger partial charge in [-0.1, -0.05) is 6.08 Å². The monoisotopic (exact) mass is 120 g/mol. The van der Waals surface area contributed by atoms with Crippen LogP contribution in [-0.4, -0.2) is 17.1 Å². The lowest BCUT2D eigenvalue weighted by Crippen LogP contribution is -1.95. The largest absolute Gasteiger partial charge is 0.396 e. The van der Waals surface area contributed by atoms with Gasteiger partial charge in [0.2, 0.25) is 0 Å². The SMILES string of the molecule is C=CC(Cl)CCO. The van der Waals surface area contributed by atoms with Gasteiger partial charge in [0.1, 0.15) is 0 Å². The average Bonchev–Trinajstić information content (AvgIpc) is 1.68. The fraction of sp³-hybridized carbons (Fsp3) is 0.600. The Morgan fingerprint density at radius 2 is 2.43 bits per heavy atom. The van der Waals surface area contributed by atoms with Crippen LogP contribution >= 0.6 is 11.6 Å². The van der Waals surface area contributed by atoms with E-state index in [1.165, 1.54) is 0 Å². The van der Waals surface area contributed by atoms with Crippen LogP contribution in [0.5, 0.6) is 0 Å². The molecule has 0 fully saturated rings. The van der Waals surface area contributed by atoms with Gasteiger partial charge in [0, 0.05) is 6.61 Å². The Bertz CT molecular complexity index is 54.0. The first kappa shape index (κ1) is 6.99. The van der Waals surface area contributed by atoms with E-state index in [0.717, 1.165) is 0 Å². The van der Waals surface area contributed by atoms with E-state index in [2.05, 4.69) is 6.58 Å². The number of hydrogen-bond acceptors (Lipinski definition) is 1. The van der Waals surface area contributed by atoms with Gasteiger partial charge in [-0.05, 0) is 6.42 Å². The third-order valence-electron chi connectivity index (χ3n) is 0.661. The summed E-state index contributed by atoms with van der Waals surface area (Å²) < 4.78 is 0. The minimum absolute atomic E-state index is 0.0648. The highest BCUT2D eigenvalue weighted by Gasteiger charge is 1.92. The molecule has 0 heterocycles. The smallest absolute Gasteiger partial charge is 0.0535 e. The molecule has 2 heteroatoms. The summed E-state index contributed by atoms with van der Waals surface area (Å²) >= 11 is 5.49. The molecule has 0 radical (unpaired) electrons. The van der Waals surface area contributed by atoms with Crippen LogP contribution < -0.4 is 0 Å². The van der Waals surface area contributed by atoms with Crippen molar-refractivity contribution in [2.24, 2.45) is 0 Å². The molecule has 7 heavy (non-hydrogen) atoms. The van der Waals surface area contributed by atoms with Gasteiger partial charge < -0.3 is 5.11 Å². The van der Waals surface area contributed by atoms with Crippen LogP contribution in [0.4, 0.5) is 0 Å². The second-order valence-electron chi connectivity index (χ2n) is 1.26. The van der Waals surface area contributed by atoms with Crippen LogP contribution in [0.15, 0.2) is 12.7 Å². The van der Waals surface area contributed by atoms with E-state index in [0.29, 0.717) is 6.42 Å². The maximum Gasteiger partial charge on any atom is 0.0535 e. The standard InChI is InChI=1S/C5H9ClO/c1-2-5(6)3-4-7/h2,5,7H,1,3-4H2. The Morgan fingerprint density at radius 1 is 1.86 bits per heavy atom. The lowest BCUT2D eigenvalue weighted by Gasteiger charge is -1.95. The topological polar surface area (TPSA) is 20.2 Å². The van der Waals surface area contributed by atoms with Crippen molar-refractivity contribution in [2.75, 3.05) is 6.61 Å². The number of alkyl halides is 1. The summed E-state index contributed by atoms with van der Waals surface area (Å²) in [7, 11) is 0. The summed E-state index contributed by atoms with van der Waals surface area (Å²) in [6, 6.07) is 0. The van der Waals surface area contributed by atoms with E-state index in [-0.39, 0.29) is 12.0 Å². The molecule has 0 amide bonds. The molecular weight excluding hydrogens is 112 g/mol. The fourth-order valence-corrected chi connectivity index (χ4v) is 0.339. The number of rotatable bonds is 3. The molecule has 1 N–H and O–H groups in total. The first-order valence-corrected chi connectivity index (χ1v) is 2.62. The number of aliphatic hydroxyl groups is 1. The maximum absolute atomic E-state index is 8.24. The number of hydrogen-bond donors (Lipinski definition) is 1. The van der Waals surface area contributed by atoms with Gasteiger partial charge >= 0.3 is 0 Å². The summed E-state index contributed by atoms with van der Waals surface area (Å²) in [5.41, 5.74) is 0. The second kappa shape index (κ2) is 4.16. The molecule has 0 saturated carbocycles. The van der Waals surface area contributed by atoms with Gasteiger partial charge in [0.15, 0.2) is 0 Å². The van der Waals surface area contributed by atoms with Gasteiger partial charge in [-0.15, -0.1) is 18.2 Å². The molecule has 0 aliphatic rings. The number of allylic oxidation sites excluding steroid dienone is 1. The Hall–Kier alpha value is -0.0100. The van der Waals surface area contributed by atoms with E-state index in [9.17, 15) is 0 Å². The zero-order valence-electron chi connectivity index (χ0n) is 4.10. The molecule has 0 aromatic heterocycles. The zero-order valence-corrected chi connectivity index (χ0v) is 4.86. The van der Waals surface area contributed by atoms with Crippen molar-refractivity contribution in [3.8, 4) is 0 Å². The van der Waals surface area contributed by atoms with Crippen molar-refractivity contribution >= 4 is 11.6 Å². The average molecular weight is 121 g/mol. The van der Waals surface area contributed by atoms with Crippen LogP contribution in [0.3, 0.4) is 0 Å². The van der Waals surface area contributed by atoms with E-state index in [4.69, 9.17) is 16.7 Å². The molecule has 0 aromatic carbocycles. The van der Waals surface area contributed by atoms with E-state index in [1.54, 1.807) is 6.08 Å². The van der Waals surface area contributed by atoms with Gasteiger partial charge in [0.05, 0.1) is 5.38 Å². The van der Waals surface area contributed by atoms with E-state index < -0.39 is 0 Å². The summed E-state index contributed by atoms with van der Waals surface area (Å²) in [5.74, 6) is 0. The number of halogens is 1. The highest BCUT2D eigenvalue weighted by Crippen LogP contribution is 1.99. The van der Waals surface area contributed by atoms with Crippen LogP contribution in [0.1, 0.15) is 6.42 Å². The van der Waals surface area contributed by atoms with Crippen LogP contribution in [0.2, 0.25) is 0 Å². The van der Waals surface area contributed by atoms with Crippen LogP contribution in [0.25, 0.3) is 0 Å².